The molecule has 0 atom stereocenters. The number of methoxy groups -OCH3 is 1. The molecule has 2 N–H and O–H groups in total. The topological polar surface area (TPSA) is 84.9 Å². The summed E-state index contributed by atoms with van der Waals surface area (Å²) in [4.78, 5) is 24.0. The standard InChI is InChI=1S/C24H20BrNO5/c1-30-19-6-4-5-17(13-19)15-31-18-11-9-16(10-12-18)14-22(24(28)29)26-23(27)20-7-2-3-8-21(20)25/h2-14H,15H2,1H3,(H,26,27)(H,28,29). The molecule has 0 bridgehead atoms. The van der Waals surface area contributed by atoms with Crippen LogP contribution in [-0.4, -0.2) is 24.1 Å². The lowest BCUT2D eigenvalue weighted by Gasteiger charge is -2.09. The van der Waals surface area contributed by atoms with Crippen LogP contribution in [0.1, 0.15) is 21.5 Å². The van der Waals surface area contributed by atoms with E-state index in [4.69, 9.17) is 9.47 Å². The zero-order chi connectivity index (χ0) is 22.2. The second kappa shape index (κ2) is 10.4. The SMILES string of the molecule is COc1cccc(COc2ccc(C=C(NC(=O)c3ccccc3Br)C(=O)O)cc2)c1. The van der Waals surface area contributed by atoms with Gasteiger partial charge in [0.2, 0.25) is 0 Å². The van der Waals surface area contributed by atoms with Gasteiger partial charge in [-0.3, -0.25) is 4.79 Å². The van der Waals surface area contributed by atoms with Crippen LogP contribution in [0.4, 0.5) is 0 Å². The van der Waals surface area contributed by atoms with Gasteiger partial charge in [0.15, 0.2) is 0 Å². The first-order valence-electron chi connectivity index (χ1n) is 9.33. The Kier molecular flexibility index (Phi) is 7.45. The van der Waals surface area contributed by atoms with Crippen LogP contribution in [0.15, 0.2) is 83.0 Å². The average Bonchev–Trinajstić information content (AvgIpc) is 2.78. The summed E-state index contributed by atoms with van der Waals surface area (Å²) in [5, 5.41) is 11.9. The Hall–Kier alpha value is -3.58. The number of nitrogens with one attached hydrogen (secondary N) is 1. The molecule has 6 nitrogen and oxygen atoms in total. The van der Waals surface area contributed by atoms with E-state index in [1.165, 1.54) is 6.08 Å². The van der Waals surface area contributed by atoms with Crippen molar-refractivity contribution in [3.8, 4) is 11.5 Å². The highest BCUT2D eigenvalue weighted by Gasteiger charge is 2.15. The van der Waals surface area contributed by atoms with E-state index in [0.717, 1.165) is 11.3 Å². The molecule has 0 aromatic heterocycles. The number of hydrogen-bond acceptors (Lipinski definition) is 4. The highest BCUT2D eigenvalue weighted by molar-refractivity contribution is 9.10. The molecule has 0 saturated carbocycles. The maximum absolute atomic E-state index is 12.4. The summed E-state index contributed by atoms with van der Waals surface area (Å²) >= 11 is 3.29. The number of rotatable bonds is 8. The number of hydrogen-bond donors (Lipinski definition) is 2. The minimum atomic E-state index is -1.24. The van der Waals surface area contributed by atoms with Crippen molar-refractivity contribution in [2.24, 2.45) is 0 Å². The predicted octanol–water partition coefficient (Wildman–Crippen LogP) is 4.89. The van der Waals surface area contributed by atoms with Crippen molar-refractivity contribution in [1.29, 1.82) is 0 Å². The Labute approximate surface area is 188 Å². The molecule has 0 aliphatic rings. The van der Waals surface area contributed by atoms with E-state index in [0.29, 0.717) is 28.0 Å². The summed E-state index contributed by atoms with van der Waals surface area (Å²) in [5.74, 6) is -0.361. The lowest BCUT2D eigenvalue weighted by atomic mass is 10.1. The van der Waals surface area contributed by atoms with Gasteiger partial charge in [0, 0.05) is 4.47 Å². The van der Waals surface area contributed by atoms with E-state index < -0.39 is 11.9 Å². The third kappa shape index (κ3) is 6.20. The van der Waals surface area contributed by atoms with Crippen molar-refractivity contribution in [3.63, 3.8) is 0 Å². The molecular formula is C24H20BrNO5. The van der Waals surface area contributed by atoms with Gasteiger partial charge in [-0.2, -0.15) is 0 Å². The minimum Gasteiger partial charge on any atom is -0.497 e. The molecule has 0 heterocycles. The van der Waals surface area contributed by atoms with Crippen molar-refractivity contribution >= 4 is 33.9 Å². The van der Waals surface area contributed by atoms with Crippen molar-refractivity contribution in [2.75, 3.05) is 7.11 Å². The molecule has 0 aliphatic heterocycles. The summed E-state index contributed by atoms with van der Waals surface area (Å²) in [6.45, 7) is 0.370. The van der Waals surface area contributed by atoms with Crippen LogP contribution in [0.25, 0.3) is 6.08 Å². The lowest BCUT2D eigenvalue weighted by molar-refractivity contribution is -0.132. The van der Waals surface area contributed by atoms with E-state index in [2.05, 4.69) is 21.2 Å². The van der Waals surface area contributed by atoms with Crippen LogP contribution >= 0.6 is 15.9 Å². The highest BCUT2D eigenvalue weighted by atomic mass is 79.9. The van der Waals surface area contributed by atoms with Crippen LogP contribution < -0.4 is 14.8 Å². The van der Waals surface area contributed by atoms with E-state index >= 15 is 0 Å². The number of carbonyl (C=O) groups is 2. The first-order chi connectivity index (χ1) is 15.0. The third-order valence-electron chi connectivity index (χ3n) is 4.33. The summed E-state index contributed by atoms with van der Waals surface area (Å²) in [6.07, 6.45) is 1.39. The number of carboxylic acid groups (broad SMARTS) is 1. The van der Waals surface area contributed by atoms with Crippen molar-refractivity contribution < 1.29 is 24.2 Å². The molecule has 158 valence electrons. The summed E-state index contributed by atoms with van der Waals surface area (Å²) < 4.78 is 11.5. The Bertz CT molecular complexity index is 1110. The lowest BCUT2D eigenvalue weighted by Crippen LogP contribution is -2.27. The molecule has 1 amide bonds. The summed E-state index contributed by atoms with van der Waals surface area (Å²) in [5.41, 5.74) is 1.69. The quantitative estimate of drug-likeness (QED) is 0.447. The second-order valence-corrected chi connectivity index (χ2v) is 7.36. The van der Waals surface area contributed by atoms with Crippen molar-refractivity contribution in [2.45, 2.75) is 6.61 Å². The van der Waals surface area contributed by atoms with Crippen LogP contribution in [0.5, 0.6) is 11.5 Å². The Morgan fingerprint density at radius 2 is 1.74 bits per heavy atom. The van der Waals surface area contributed by atoms with Gasteiger partial charge in [-0.05, 0) is 69.5 Å². The van der Waals surface area contributed by atoms with Crippen LogP contribution in [0.2, 0.25) is 0 Å². The van der Waals surface area contributed by atoms with E-state index in [9.17, 15) is 14.7 Å². The molecule has 7 heteroatoms. The number of aliphatic carboxylic acids is 1. The van der Waals surface area contributed by atoms with E-state index in [1.807, 2.05) is 24.3 Å². The molecule has 3 aromatic carbocycles. The summed E-state index contributed by atoms with van der Waals surface area (Å²) in [7, 11) is 1.61. The normalized spacial score (nSPS) is 11.0. The second-order valence-electron chi connectivity index (χ2n) is 6.51. The van der Waals surface area contributed by atoms with E-state index in [1.54, 1.807) is 55.6 Å². The fraction of sp³-hybridized carbons (Fsp3) is 0.0833. The first-order valence-corrected chi connectivity index (χ1v) is 10.1. The fourth-order valence-corrected chi connectivity index (χ4v) is 3.21. The monoisotopic (exact) mass is 481 g/mol. The highest BCUT2D eigenvalue weighted by Crippen LogP contribution is 2.19. The molecule has 0 spiro atoms. The third-order valence-corrected chi connectivity index (χ3v) is 5.02. The number of carboxylic acids is 1. The molecular weight excluding hydrogens is 462 g/mol. The number of amides is 1. The smallest absolute Gasteiger partial charge is 0.352 e. The minimum absolute atomic E-state index is 0.231. The Morgan fingerprint density at radius 1 is 1.00 bits per heavy atom. The largest absolute Gasteiger partial charge is 0.497 e. The molecule has 0 saturated heterocycles. The number of benzene rings is 3. The van der Waals surface area contributed by atoms with Gasteiger partial charge in [0.25, 0.3) is 5.91 Å². The first kappa shape index (κ1) is 22.1. The van der Waals surface area contributed by atoms with Gasteiger partial charge in [-0.15, -0.1) is 0 Å². The van der Waals surface area contributed by atoms with Gasteiger partial charge >= 0.3 is 5.97 Å². The van der Waals surface area contributed by atoms with Gasteiger partial charge in [-0.25, -0.2) is 4.79 Å². The van der Waals surface area contributed by atoms with Gasteiger partial charge in [0.1, 0.15) is 23.8 Å². The van der Waals surface area contributed by atoms with Crippen LogP contribution in [0, 0.1) is 0 Å². The van der Waals surface area contributed by atoms with Gasteiger partial charge in [0.05, 0.1) is 12.7 Å². The molecule has 3 rings (SSSR count). The Morgan fingerprint density at radius 3 is 2.42 bits per heavy atom. The molecule has 0 radical (unpaired) electrons. The maximum atomic E-state index is 12.4. The zero-order valence-electron chi connectivity index (χ0n) is 16.7. The molecule has 0 fully saturated rings. The average molecular weight is 482 g/mol. The van der Waals surface area contributed by atoms with E-state index in [-0.39, 0.29) is 5.70 Å². The predicted molar refractivity (Wildman–Crippen MR) is 121 cm³/mol. The molecule has 0 aliphatic carbocycles. The van der Waals surface area contributed by atoms with Crippen molar-refractivity contribution in [3.05, 3.63) is 99.7 Å². The fourth-order valence-electron chi connectivity index (χ4n) is 2.74. The molecule has 31 heavy (non-hydrogen) atoms. The van der Waals surface area contributed by atoms with Gasteiger partial charge < -0.3 is 19.9 Å². The molecule has 3 aromatic rings. The number of carbonyl (C=O) groups excluding carboxylic acids is 1. The maximum Gasteiger partial charge on any atom is 0.352 e. The number of ether oxygens (including phenoxy) is 2. The van der Waals surface area contributed by atoms with Crippen LogP contribution in [0.3, 0.4) is 0 Å². The number of halogens is 1. The summed E-state index contributed by atoms with van der Waals surface area (Å²) in [6, 6.07) is 21.3. The van der Waals surface area contributed by atoms with Crippen molar-refractivity contribution in [1.82, 2.24) is 5.32 Å². The van der Waals surface area contributed by atoms with Crippen LogP contribution in [-0.2, 0) is 11.4 Å². The molecule has 0 unspecified atom stereocenters. The Balaban J connectivity index is 1.68. The zero-order valence-corrected chi connectivity index (χ0v) is 18.3. The van der Waals surface area contributed by atoms with Gasteiger partial charge in [-0.1, -0.05) is 36.4 Å².